The van der Waals surface area contributed by atoms with E-state index in [0.29, 0.717) is 6.04 Å². The van der Waals surface area contributed by atoms with Gasteiger partial charge in [0, 0.05) is 36.7 Å². The van der Waals surface area contributed by atoms with Crippen LogP contribution in [-0.4, -0.2) is 56.4 Å². The average Bonchev–Trinajstić information content (AvgIpc) is 3.10. The maximum Gasteiger partial charge on any atom is 0.410 e. The minimum Gasteiger partial charge on any atom is -0.444 e. The number of rotatable bonds is 2. The van der Waals surface area contributed by atoms with Crippen LogP contribution in [0.25, 0.3) is 16.8 Å². The monoisotopic (exact) mass is 485 g/mol. The molecular weight excluding hydrogens is 458 g/mol. The zero-order valence-electron chi connectivity index (χ0n) is 18.5. The number of anilines is 1. The molecule has 0 bridgehead atoms. The second kappa shape index (κ2) is 8.15. The predicted octanol–water partition coefficient (Wildman–Crippen LogP) is 4.99. The van der Waals surface area contributed by atoms with E-state index in [1.807, 2.05) is 51.9 Å². The molecule has 0 N–H and O–H groups in total. The fourth-order valence-corrected chi connectivity index (χ4v) is 4.30. The van der Waals surface area contributed by atoms with E-state index in [0.717, 1.165) is 34.3 Å². The van der Waals surface area contributed by atoms with E-state index in [2.05, 4.69) is 55.2 Å². The Hall–Kier alpha value is -2.61. The minimum atomic E-state index is -0.453. The van der Waals surface area contributed by atoms with Gasteiger partial charge in [-0.3, -0.25) is 4.90 Å². The lowest BCUT2D eigenvalue weighted by molar-refractivity contribution is -0.0309. The number of carbonyl (C=O) groups excluding carboxylic acids is 1. The molecule has 2 aliphatic rings. The minimum absolute atomic E-state index is 0.207. The molecule has 1 aromatic carbocycles. The van der Waals surface area contributed by atoms with Crippen molar-refractivity contribution in [3.8, 4) is 11.1 Å². The van der Waals surface area contributed by atoms with Gasteiger partial charge in [0.15, 0.2) is 5.65 Å². The molecule has 2 aliphatic heterocycles. The standard InChI is InChI=1S/C21H22BrN5O2.C2H6/c1-21(2,3)29-20(28)26-12-17-18(26)11-25(17)15-6-4-13(5-7-15)14-8-23-19-16(22)9-24-27(19)10-14;1-2/h4-10,17-18H,11-12H2,1-3H3;1-2H3/t17?,18-;/m1./s1. The molecule has 0 saturated carbocycles. The number of carbonyl (C=O) groups is 1. The number of nitrogens with zero attached hydrogens (tertiary/aromatic N) is 5. The third-order valence-corrected chi connectivity index (χ3v) is 6.05. The number of halogens is 1. The Morgan fingerprint density at radius 2 is 1.77 bits per heavy atom. The van der Waals surface area contributed by atoms with Crippen LogP contribution in [0.2, 0.25) is 0 Å². The Kier molecular flexibility index (Phi) is 5.68. The highest BCUT2D eigenvalue weighted by Gasteiger charge is 2.54. The second-order valence-electron chi connectivity index (χ2n) is 8.57. The van der Waals surface area contributed by atoms with Gasteiger partial charge in [-0.1, -0.05) is 26.0 Å². The number of aromatic nitrogens is 3. The van der Waals surface area contributed by atoms with Crippen LogP contribution in [0.3, 0.4) is 0 Å². The molecule has 0 radical (unpaired) electrons. The van der Waals surface area contributed by atoms with Crippen molar-refractivity contribution in [2.45, 2.75) is 52.3 Å². The molecule has 8 heteroatoms. The molecule has 3 aromatic rings. The van der Waals surface area contributed by atoms with Crippen LogP contribution >= 0.6 is 15.9 Å². The molecule has 2 saturated heterocycles. The molecule has 5 rings (SSSR count). The van der Waals surface area contributed by atoms with Gasteiger partial charge in [0.25, 0.3) is 0 Å². The number of likely N-dealkylation sites (tertiary alicyclic amines) is 1. The van der Waals surface area contributed by atoms with Gasteiger partial charge < -0.3 is 9.64 Å². The van der Waals surface area contributed by atoms with Crippen molar-refractivity contribution < 1.29 is 9.53 Å². The summed E-state index contributed by atoms with van der Waals surface area (Å²) in [5.74, 6) is 0. The molecule has 0 spiro atoms. The van der Waals surface area contributed by atoms with Crippen molar-refractivity contribution in [1.82, 2.24) is 19.5 Å². The predicted molar refractivity (Wildman–Crippen MR) is 125 cm³/mol. The van der Waals surface area contributed by atoms with E-state index in [1.54, 1.807) is 10.7 Å². The Morgan fingerprint density at radius 1 is 1.06 bits per heavy atom. The van der Waals surface area contributed by atoms with Crippen LogP contribution in [0.1, 0.15) is 34.6 Å². The summed E-state index contributed by atoms with van der Waals surface area (Å²) in [5.41, 5.74) is 3.63. The van der Waals surface area contributed by atoms with Crippen LogP contribution in [0.15, 0.2) is 47.3 Å². The third-order valence-electron chi connectivity index (χ3n) is 5.49. The largest absolute Gasteiger partial charge is 0.444 e. The Labute approximate surface area is 191 Å². The molecule has 1 unspecified atom stereocenters. The molecule has 2 fully saturated rings. The van der Waals surface area contributed by atoms with Gasteiger partial charge in [-0.15, -0.1) is 0 Å². The van der Waals surface area contributed by atoms with Crippen molar-refractivity contribution >= 4 is 33.4 Å². The summed E-state index contributed by atoms with van der Waals surface area (Å²) in [5, 5.41) is 4.30. The Bertz CT molecular complexity index is 1090. The summed E-state index contributed by atoms with van der Waals surface area (Å²) in [4.78, 5) is 20.9. The quantitative estimate of drug-likeness (QED) is 0.511. The zero-order valence-corrected chi connectivity index (χ0v) is 20.1. The smallest absolute Gasteiger partial charge is 0.410 e. The van der Waals surface area contributed by atoms with Gasteiger partial charge in [0.05, 0.1) is 22.8 Å². The van der Waals surface area contributed by atoms with Crippen LogP contribution in [0.4, 0.5) is 10.5 Å². The van der Waals surface area contributed by atoms with Crippen molar-refractivity contribution in [2.75, 3.05) is 18.0 Å². The van der Waals surface area contributed by atoms with Gasteiger partial charge in [0.2, 0.25) is 0 Å². The van der Waals surface area contributed by atoms with Crippen molar-refractivity contribution in [1.29, 1.82) is 0 Å². The van der Waals surface area contributed by atoms with Gasteiger partial charge in [-0.25, -0.2) is 14.3 Å². The fraction of sp³-hybridized carbons (Fsp3) is 0.435. The van der Waals surface area contributed by atoms with Crippen molar-refractivity contribution in [2.24, 2.45) is 0 Å². The summed E-state index contributed by atoms with van der Waals surface area (Å²) in [7, 11) is 0. The summed E-state index contributed by atoms with van der Waals surface area (Å²) < 4.78 is 8.14. The number of ether oxygens (including phenoxy) is 1. The van der Waals surface area contributed by atoms with Crippen LogP contribution in [-0.2, 0) is 4.74 Å². The van der Waals surface area contributed by atoms with E-state index < -0.39 is 5.60 Å². The van der Waals surface area contributed by atoms with E-state index in [9.17, 15) is 4.79 Å². The highest BCUT2D eigenvalue weighted by Crippen LogP contribution is 2.38. The maximum atomic E-state index is 12.2. The highest BCUT2D eigenvalue weighted by atomic mass is 79.9. The summed E-state index contributed by atoms with van der Waals surface area (Å²) in [6, 6.07) is 9.11. The number of hydrogen-bond acceptors (Lipinski definition) is 5. The first-order chi connectivity index (χ1) is 14.8. The highest BCUT2D eigenvalue weighted by molar-refractivity contribution is 9.10. The van der Waals surface area contributed by atoms with Gasteiger partial charge >= 0.3 is 6.09 Å². The Morgan fingerprint density at radius 3 is 2.39 bits per heavy atom. The first-order valence-corrected chi connectivity index (χ1v) is 11.4. The molecule has 7 nitrogen and oxygen atoms in total. The number of fused-ring (bicyclic) bond motifs is 2. The molecule has 1 amide bonds. The molecule has 0 aliphatic carbocycles. The SMILES string of the molecule is CC.CC(C)(C)OC(=O)N1CC2[C@H]1CN2c1ccc(-c2cnc3c(Br)cnn3c2)cc1. The normalized spacial score (nSPS) is 19.7. The topological polar surface area (TPSA) is 63.0 Å². The van der Waals surface area contributed by atoms with Gasteiger partial charge in [-0.2, -0.15) is 5.10 Å². The van der Waals surface area contributed by atoms with E-state index in [4.69, 9.17) is 4.74 Å². The van der Waals surface area contributed by atoms with Crippen LogP contribution in [0.5, 0.6) is 0 Å². The summed E-state index contributed by atoms with van der Waals surface area (Å²) >= 11 is 3.45. The number of benzene rings is 1. The first-order valence-electron chi connectivity index (χ1n) is 10.7. The van der Waals surface area contributed by atoms with Crippen LogP contribution < -0.4 is 4.90 Å². The Balaban J connectivity index is 0.00000112. The van der Waals surface area contributed by atoms with Gasteiger partial charge in [0.1, 0.15) is 5.60 Å². The lowest BCUT2D eigenvalue weighted by Gasteiger charge is -2.62. The lowest BCUT2D eigenvalue weighted by Crippen LogP contribution is -2.80. The molecule has 164 valence electrons. The molecule has 31 heavy (non-hydrogen) atoms. The number of hydrogen-bond donors (Lipinski definition) is 0. The molecule has 4 heterocycles. The zero-order chi connectivity index (χ0) is 22.3. The number of amides is 1. The summed E-state index contributed by atoms with van der Waals surface area (Å²) in [6.07, 6.45) is 5.38. The molecule has 2 aromatic heterocycles. The molecular formula is C23H28BrN5O2. The maximum absolute atomic E-state index is 12.2. The fourth-order valence-electron chi connectivity index (χ4n) is 3.92. The third kappa shape index (κ3) is 4.01. The van der Waals surface area contributed by atoms with Crippen molar-refractivity contribution in [3.63, 3.8) is 0 Å². The average molecular weight is 486 g/mol. The second-order valence-corrected chi connectivity index (χ2v) is 9.42. The van der Waals surface area contributed by atoms with Crippen LogP contribution in [0, 0.1) is 0 Å². The number of piperazine rings is 1. The lowest BCUT2D eigenvalue weighted by atomic mass is 9.85. The summed E-state index contributed by atoms with van der Waals surface area (Å²) in [6.45, 7) is 11.3. The molecule has 2 atom stereocenters. The van der Waals surface area contributed by atoms with Crippen molar-refractivity contribution in [3.05, 3.63) is 47.3 Å². The first kappa shape index (κ1) is 21.6. The van der Waals surface area contributed by atoms with Gasteiger partial charge in [-0.05, 0) is 54.4 Å². The van der Waals surface area contributed by atoms with E-state index in [-0.39, 0.29) is 12.1 Å². The van der Waals surface area contributed by atoms with E-state index in [1.165, 1.54) is 5.69 Å². The van der Waals surface area contributed by atoms with E-state index >= 15 is 0 Å².